The van der Waals surface area contributed by atoms with Crippen molar-refractivity contribution in [2.45, 2.75) is 127 Å². The maximum Gasteiger partial charge on any atom is 0.352 e. The maximum atomic E-state index is 13.6. The lowest BCUT2D eigenvalue weighted by Crippen LogP contribution is -2.55. The Labute approximate surface area is 232 Å². The fourth-order valence-electron chi connectivity index (χ4n) is 6.30. The highest BCUT2D eigenvalue weighted by Gasteiger charge is 2.64. The number of esters is 2. The van der Waals surface area contributed by atoms with Gasteiger partial charge in [0.05, 0.1) is 12.1 Å². The summed E-state index contributed by atoms with van der Waals surface area (Å²) in [7, 11) is -2.16. The van der Waals surface area contributed by atoms with Gasteiger partial charge in [-0.25, -0.2) is 4.79 Å². The average Bonchev–Trinajstić information content (AvgIpc) is 3.39. The van der Waals surface area contributed by atoms with Crippen LogP contribution in [0.3, 0.4) is 0 Å². The number of carbonyl (C=O) groups is 3. The molecule has 10 heteroatoms. The molecule has 3 aliphatic rings. The predicted octanol–water partition coefficient (Wildman–Crippen LogP) is 4.56. The Morgan fingerprint density at radius 2 is 1.54 bits per heavy atom. The Morgan fingerprint density at radius 3 is 2.08 bits per heavy atom. The third kappa shape index (κ3) is 6.39. The van der Waals surface area contributed by atoms with Gasteiger partial charge in [-0.3, -0.25) is 9.59 Å². The standard InChI is InChI=1S/C29H43NO8Si/c1-6-39(7-2,8-3)38-25-22(30-19(4)31)24(26-27(25)37-29(36-26)17-13-10-14-18-29)35-28(33)23(34-20(5)32)21-15-11-9-12-16-21/h9,11-12,15-16,22-27H,6-8,10,13-14,17-18H2,1-5H3,(H,30,31)/t22-,23+,24-,25+,26+,27-/m1/s1. The number of fused-ring (bicyclic) bond motifs is 1. The lowest BCUT2D eigenvalue weighted by molar-refractivity contribution is -0.219. The molecular formula is C29H43NO8Si. The van der Waals surface area contributed by atoms with Gasteiger partial charge in [-0.05, 0) is 31.0 Å². The molecule has 9 nitrogen and oxygen atoms in total. The van der Waals surface area contributed by atoms with Gasteiger partial charge in [0.15, 0.2) is 20.2 Å². The molecular weight excluding hydrogens is 518 g/mol. The maximum absolute atomic E-state index is 13.6. The lowest BCUT2D eigenvalue weighted by Gasteiger charge is -2.39. The van der Waals surface area contributed by atoms with Gasteiger partial charge in [0.2, 0.25) is 12.0 Å². The van der Waals surface area contributed by atoms with Crippen LogP contribution in [0.4, 0.5) is 0 Å². The van der Waals surface area contributed by atoms with Crippen molar-refractivity contribution in [3.05, 3.63) is 35.9 Å². The molecule has 6 atom stereocenters. The molecule has 39 heavy (non-hydrogen) atoms. The van der Waals surface area contributed by atoms with Gasteiger partial charge in [-0.1, -0.05) is 57.5 Å². The van der Waals surface area contributed by atoms with Gasteiger partial charge in [0, 0.05) is 32.3 Å². The van der Waals surface area contributed by atoms with Crippen LogP contribution in [0.25, 0.3) is 0 Å². The summed E-state index contributed by atoms with van der Waals surface area (Å²) in [6.07, 6.45) is 0.835. The number of benzene rings is 1. The van der Waals surface area contributed by atoms with Crippen molar-refractivity contribution in [1.29, 1.82) is 0 Å². The van der Waals surface area contributed by atoms with E-state index in [4.69, 9.17) is 23.4 Å². The second-order valence-electron chi connectivity index (χ2n) is 11.0. The third-order valence-electron chi connectivity index (χ3n) is 8.54. The summed E-state index contributed by atoms with van der Waals surface area (Å²) in [4.78, 5) is 38.0. The molecule has 1 aromatic carbocycles. The number of hydrogen-bond donors (Lipinski definition) is 1. The second kappa shape index (κ2) is 12.5. The van der Waals surface area contributed by atoms with Crippen LogP contribution in [0.5, 0.6) is 0 Å². The minimum atomic E-state index is -2.16. The molecule has 1 amide bonds. The van der Waals surface area contributed by atoms with Gasteiger partial charge in [0.25, 0.3) is 0 Å². The smallest absolute Gasteiger partial charge is 0.352 e. The van der Waals surface area contributed by atoms with Gasteiger partial charge in [-0.15, -0.1) is 0 Å². The average molecular weight is 562 g/mol. The predicted molar refractivity (Wildman–Crippen MR) is 146 cm³/mol. The quantitative estimate of drug-likeness (QED) is 0.327. The summed E-state index contributed by atoms with van der Waals surface area (Å²) in [6.45, 7) is 9.13. The Balaban J connectivity index is 1.69. The Kier molecular flexibility index (Phi) is 9.51. The highest BCUT2D eigenvalue weighted by atomic mass is 28.4. The summed E-state index contributed by atoms with van der Waals surface area (Å²) in [5.74, 6) is -2.34. The van der Waals surface area contributed by atoms with Crippen LogP contribution in [0.15, 0.2) is 30.3 Å². The molecule has 1 saturated heterocycles. The van der Waals surface area contributed by atoms with Crippen molar-refractivity contribution in [2.75, 3.05) is 0 Å². The monoisotopic (exact) mass is 561 g/mol. The van der Waals surface area contributed by atoms with E-state index in [9.17, 15) is 14.4 Å². The summed E-state index contributed by atoms with van der Waals surface area (Å²) < 4.78 is 31.8. The highest BCUT2D eigenvalue weighted by Crippen LogP contribution is 2.48. The van der Waals surface area contributed by atoms with E-state index >= 15 is 0 Å². The molecule has 0 aromatic heterocycles. The Bertz CT molecular complexity index is 1000. The van der Waals surface area contributed by atoms with E-state index in [2.05, 4.69) is 26.1 Å². The van der Waals surface area contributed by atoms with Crippen molar-refractivity contribution in [3.63, 3.8) is 0 Å². The normalized spacial score (nSPS) is 28.5. The first-order valence-electron chi connectivity index (χ1n) is 14.4. The third-order valence-corrected chi connectivity index (χ3v) is 13.2. The van der Waals surface area contributed by atoms with Crippen LogP contribution in [0.2, 0.25) is 18.1 Å². The van der Waals surface area contributed by atoms with Crippen LogP contribution >= 0.6 is 0 Å². The zero-order chi connectivity index (χ0) is 28.2. The van der Waals surface area contributed by atoms with Crippen molar-refractivity contribution < 1.29 is 37.8 Å². The SMILES string of the molecule is CC[Si](CC)(CC)O[C@H]1[C@H](NC(C)=O)[C@@H](OC(=O)[C@@H](OC(C)=O)c2ccccc2)[C@@H]2OC3(CCCCC3)O[C@@H]21. The van der Waals surface area contributed by atoms with E-state index in [1.807, 2.05) is 6.07 Å². The van der Waals surface area contributed by atoms with E-state index in [-0.39, 0.29) is 5.91 Å². The number of ether oxygens (including phenoxy) is 4. The zero-order valence-corrected chi connectivity index (χ0v) is 24.8. The minimum Gasteiger partial charge on any atom is -0.454 e. The van der Waals surface area contributed by atoms with Gasteiger partial charge in [-0.2, -0.15) is 0 Å². The first-order valence-corrected chi connectivity index (χ1v) is 16.9. The largest absolute Gasteiger partial charge is 0.454 e. The molecule has 1 spiro atoms. The van der Waals surface area contributed by atoms with Crippen molar-refractivity contribution in [3.8, 4) is 0 Å². The fourth-order valence-corrected chi connectivity index (χ4v) is 9.16. The molecule has 2 saturated carbocycles. The molecule has 1 aromatic rings. The van der Waals surface area contributed by atoms with Crippen LogP contribution in [0.1, 0.15) is 78.4 Å². The molecule has 216 valence electrons. The number of amides is 1. The zero-order valence-electron chi connectivity index (χ0n) is 23.8. The molecule has 1 N–H and O–H groups in total. The molecule has 4 rings (SSSR count). The number of carbonyl (C=O) groups excluding carboxylic acids is 3. The topological polar surface area (TPSA) is 109 Å². The van der Waals surface area contributed by atoms with Crippen molar-refractivity contribution >= 4 is 26.2 Å². The Morgan fingerprint density at radius 1 is 0.949 bits per heavy atom. The first-order chi connectivity index (χ1) is 18.7. The number of nitrogens with one attached hydrogen (secondary N) is 1. The van der Waals surface area contributed by atoms with Crippen LogP contribution in [-0.2, 0) is 37.8 Å². The molecule has 0 unspecified atom stereocenters. The molecule has 0 bridgehead atoms. The summed E-state index contributed by atoms with van der Waals surface area (Å²) >= 11 is 0. The van der Waals surface area contributed by atoms with E-state index in [0.29, 0.717) is 5.56 Å². The molecule has 1 heterocycles. The summed E-state index contributed by atoms with van der Waals surface area (Å²) in [5, 5.41) is 2.99. The lowest BCUT2D eigenvalue weighted by atomic mass is 9.94. The number of rotatable bonds is 10. The van der Waals surface area contributed by atoms with Gasteiger partial charge < -0.3 is 28.7 Å². The molecule has 0 radical (unpaired) electrons. The fraction of sp³-hybridized carbons (Fsp3) is 0.690. The summed E-state index contributed by atoms with van der Waals surface area (Å²) in [6, 6.07) is 10.8. The highest BCUT2D eigenvalue weighted by molar-refractivity contribution is 6.73. The van der Waals surface area contributed by atoms with Crippen molar-refractivity contribution in [1.82, 2.24) is 5.32 Å². The van der Waals surface area contributed by atoms with Crippen LogP contribution in [-0.4, -0.2) is 62.4 Å². The van der Waals surface area contributed by atoms with Gasteiger partial charge in [0.1, 0.15) is 12.2 Å². The van der Waals surface area contributed by atoms with Crippen LogP contribution in [0, 0.1) is 0 Å². The Hall–Kier alpha value is -2.27. The second-order valence-corrected chi connectivity index (χ2v) is 15.7. The van der Waals surface area contributed by atoms with Crippen molar-refractivity contribution in [2.24, 2.45) is 0 Å². The summed E-state index contributed by atoms with van der Waals surface area (Å²) in [5.41, 5.74) is 0.498. The minimum absolute atomic E-state index is 0.265. The molecule has 1 aliphatic heterocycles. The number of hydrogen-bond acceptors (Lipinski definition) is 8. The van der Waals surface area contributed by atoms with E-state index in [0.717, 1.165) is 50.2 Å². The van der Waals surface area contributed by atoms with Crippen LogP contribution < -0.4 is 5.32 Å². The molecule has 3 fully saturated rings. The first kappa shape index (κ1) is 29.7. The van der Waals surface area contributed by atoms with E-state index in [1.165, 1.54) is 13.8 Å². The molecule has 2 aliphatic carbocycles. The van der Waals surface area contributed by atoms with E-state index in [1.54, 1.807) is 24.3 Å². The van der Waals surface area contributed by atoms with E-state index < -0.39 is 62.6 Å². The van der Waals surface area contributed by atoms with Gasteiger partial charge >= 0.3 is 11.9 Å².